The van der Waals surface area contributed by atoms with Gasteiger partial charge in [0.25, 0.3) is 0 Å². The molecule has 0 unspecified atom stereocenters. The van der Waals surface area contributed by atoms with E-state index < -0.39 is 10.2 Å². The molecule has 0 radical (unpaired) electrons. The van der Waals surface area contributed by atoms with Gasteiger partial charge in [-0.2, -0.15) is 0 Å². The zero-order chi connectivity index (χ0) is 19.2. The first-order valence-corrected chi connectivity index (χ1v) is 8.80. The van der Waals surface area contributed by atoms with E-state index in [1.165, 1.54) is 0 Å². The van der Waals surface area contributed by atoms with Crippen LogP contribution < -0.4 is 28.1 Å². The van der Waals surface area contributed by atoms with E-state index in [1.54, 1.807) is 7.11 Å². The molecule has 7 nitrogen and oxygen atoms in total. The summed E-state index contributed by atoms with van der Waals surface area (Å²) in [5, 5.41) is 0.863. The van der Waals surface area contributed by atoms with Gasteiger partial charge in [-0.15, -0.1) is 10.2 Å². The van der Waals surface area contributed by atoms with E-state index >= 15 is 0 Å². The Kier molecular flexibility index (Phi) is 6.73. The van der Waals surface area contributed by atoms with E-state index in [4.69, 9.17) is 32.5 Å². The molecule has 8 heteroatoms. The number of ether oxygens (including phenoxy) is 2. The van der Waals surface area contributed by atoms with Crippen molar-refractivity contribution in [3.63, 3.8) is 0 Å². The molecule has 3 aromatic rings. The summed E-state index contributed by atoms with van der Waals surface area (Å²) in [6, 6.07) is 17.6. The highest BCUT2D eigenvalue weighted by Crippen LogP contribution is 2.37. The Hall–Kier alpha value is -2.42. The van der Waals surface area contributed by atoms with Crippen molar-refractivity contribution in [3.05, 3.63) is 54.6 Å². The smallest absolute Gasteiger partial charge is 0.368 e. The van der Waals surface area contributed by atoms with E-state index in [0.29, 0.717) is 6.61 Å². The van der Waals surface area contributed by atoms with Crippen molar-refractivity contribution in [2.45, 2.75) is 6.92 Å². The number of halogens is 1. The van der Waals surface area contributed by atoms with Crippen LogP contribution >= 0.6 is 0 Å². The Labute approximate surface area is 152 Å². The van der Waals surface area contributed by atoms with E-state index in [0.717, 1.165) is 33.8 Å². The second-order valence-electron chi connectivity index (χ2n) is 4.99. The van der Waals surface area contributed by atoms with Gasteiger partial charge < -0.3 is 9.47 Å². The van der Waals surface area contributed by atoms with Crippen LogP contribution in [0.1, 0.15) is 6.92 Å². The molecule has 138 valence electrons. The summed E-state index contributed by atoms with van der Waals surface area (Å²) >= 11 is 0. The van der Waals surface area contributed by atoms with Crippen LogP contribution in [0.3, 0.4) is 0 Å². The van der Waals surface area contributed by atoms with E-state index in [-0.39, 0.29) is 0 Å². The monoisotopic (exact) mass is 380 g/mol. The highest BCUT2D eigenvalue weighted by molar-refractivity contribution is 5.91. The predicted molar refractivity (Wildman–Crippen MR) is 83.8 cm³/mol. The van der Waals surface area contributed by atoms with Crippen molar-refractivity contribution in [2.75, 3.05) is 13.7 Å². The molecule has 0 saturated heterocycles. The fourth-order valence-electron chi connectivity index (χ4n) is 2.36. The zero-order valence-electron chi connectivity index (χ0n) is 14.1. The van der Waals surface area contributed by atoms with Gasteiger partial charge in [0.05, 0.1) is 25.3 Å². The van der Waals surface area contributed by atoms with Gasteiger partial charge in [-0.3, -0.25) is 0 Å². The lowest BCUT2D eigenvalue weighted by molar-refractivity contribution is -2.00. The SMILES string of the molecule is CCOc1cc(-c2ccccc2)[o+]c2cccc(OC)c12.[O-][Cl+3]([O-])([O-])[O-]. The molecule has 0 spiro atoms. The van der Waals surface area contributed by atoms with Crippen LogP contribution in [-0.2, 0) is 0 Å². The normalized spacial score (nSPS) is 10.8. The number of fused-ring (bicyclic) bond motifs is 1. The molecule has 1 aromatic heterocycles. The van der Waals surface area contributed by atoms with Gasteiger partial charge in [0, 0.05) is 6.07 Å². The van der Waals surface area contributed by atoms with Gasteiger partial charge in [-0.25, -0.2) is 23.1 Å². The summed E-state index contributed by atoms with van der Waals surface area (Å²) in [5.74, 6) is 2.30. The molecule has 2 aromatic carbocycles. The summed E-state index contributed by atoms with van der Waals surface area (Å²) in [4.78, 5) is 0. The molecule has 0 N–H and O–H groups in total. The van der Waals surface area contributed by atoms with E-state index in [1.807, 2.05) is 61.5 Å². The average Bonchev–Trinajstić information content (AvgIpc) is 2.60. The van der Waals surface area contributed by atoms with Gasteiger partial charge in [0.2, 0.25) is 0 Å². The van der Waals surface area contributed by atoms with Gasteiger partial charge in [0.1, 0.15) is 11.5 Å². The Balaban J connectivity index is 0.000000431. The first kappa shape index (κ1) is 19.9. The lowest BCUT2D eigenvalue weighted by Crippen LogP contribution is -2.68. The minimum Gasteiger partial charge on any atom is -0.496 e. The van der Waals surface area contributed by atoms with Crippen molar-refractivity contribution >= 4 is 11.0 Å². The third-order valence-electron chi connectivity index (χ3n) is 3.29. The number of methoxy groups -OCH3 is 1. The standard InChI is InChI=1S/C18H17O3.ClHO4/c1-3-20-17-12-16(13-8-5-4-6-9-13)21-15-11-7-10-14(19-2)18(15)17;2-1(3,4)5/h4-12H,3H2,1-2H3;(H,2,3,4,5)/q+1;/p-1. The highest BCUT2D eigenvalue weighted by atomic mass is 35.7. The van der Waals surface area contributed by atoms with Crippen LogP contribution in [0.2, 0.25) is 0 Å². The van der Waals surface area contributed by atoms with Crippen molar-refractivity contribution in [3.8, 4) is 22.8 Å². The van der Waals surface area contributed by atoms with Crippen molar-refractivity contribution in [2.24, 2.45) is 0 Å². The summed E-state index contributed by atoms with van der Waals surface area (Å²) in [5.41, 5.74) is 1.77. The highest BCUT2D eigenvalue weighted by Gasteiger charge is 2.22. The van der Waals surface area contributed by atoms with Crippen LogP contribution in [-0.4, -0.2) is 13.7 Å². The van der Waals surface area contributed by atoms with Crippen LogP contribution in [0.15, 0.2) is 59.0 Å². The van der Waals surface area contributed by atoms with E-state index in [2.05, 4.69) is 0 Å². The maximum Gasteiger partial charge on any atom is 0.368 e. The molecule has 1 heterocycles. The third-order valence-corrected chi connectivity index (χ3v) is 3.29. The van der Waals surface area contributed by atoms with Crippen molar-refractivity contribution in [1.29, 1.82) is 0 Å². The lowest BCUT2D eigenvalue weighted by Gasteiger charge is -2.17. The molecule has 0 atom stereocenters. The minimum atomic E-state index is -4.94. The van der Waals surface area contributed by atoms with Crippen molar-refractivity contribution in [1.82, 2.24) is 0 Å². The topological polar surface area (TPSA) is 122 Å². The summed E-state index contributed by atoms with van der Waals surface area (Å²) in [6.45, 7) is 2.55. The second-order valence-corrected chi connectivity index (χ2v) is 5.74. The van der Waals surface area contributed by atoms with Crippen LogP contribution in [0, 0.1) is 10.2 Å². The largest absolute Gasteiger partial charge is 0.496 e. The van der Waals surface area contributed by atoms with Crippen LogP contribution in [0.4, 0.5) is 0 Å². The summed E-state index contributed by atoms with van der Waals surface area (Å²) in [6.07, 6.45) is 0. The molecule has 0 fully saturated rings. The first-order valence-electron chi connectivity index (χ1n) is 7.57. The van der Waals surface area contributed by atoms with Gasteiger partial charge in [-0.1, -0.05) is 18.2 Å². The fraction of sp³-hybridized carbons (Fsp3) is 0.167. The minimum absolute atomic E-state index is 0.589. The molecule has 26 heavy (non-hydrogen) atoms. The Bertz CT molecular complexity index is 841. The molecule has 0 aliphatic heterocycles. The molecule has 3 rings (SSSR count). The van der Waals surface area contributed by atoms with Crippen molar-refractivity contribution < 1.29 is 42.8 Å². The first-order chi connectivity index (χ1) is 12.3. The van der Waals surface area contributed by atoms with Gasteiger partial charge >= 0.3 is 11.3 Å². The number of rotatable bonds is 4. The Morgan fingerprint density at radius 2 is 1.58 bits per heavy atom. The maximum atomic E-state index is 8.49. The molecular formula is C18H17ClO7. The number of hydrogen-bond donors (Lipinski definition) is 0. The second kappa shape index (κ2) is 8.79. The van der Waals surface area contributed by atoms with Gasteiger partial charge in [0.15, 0.2) is 5.39 Å². The number of benzene rings is 2. The van der Waals surface area contributed by atoms with Gasteiger partial charge in [-0.05, 0) is 31.2 Å². The van der Waals surface area contributed by atoms with E-state index in [9.17, 15) is 0 Å². The summed E-state index contributed by atoms with van der Waals surface area (Å²) < 4.78 is 51.2. The van der Waals surface area contributed by atoms with Crippen LogP contribution in [0.25, 0.3) is 22.3 Å². The number of hydrogen-bond acceptors (Lipinski definition) is 6. The zero-order valence-corrected chi connectivity index (χ0v) is 14.9. The molecule has 0 saturated carbocycles. The lowest BCUT2D eigenvalue weighted by atomic mass is 10.1. The predicted octanol–water partition coefficient (Wildman–Crippen LogP) is 0.0322. The maximum absolute atomic E-state index is 8.49. The Morgan fingerprint density at radius 1 is 0.923 bits per heavy atom. The fourth-order valence-corrected chi connectivity index (χ4v) is 2.36. The molecule has 0 aliphatic carbocycles. The molecule has 0 amide bonds. The third kappa shape index (κ3) is 5.55. The average molecular weight is 381 g/mol. The Morgan fingerprint density at radius 3 is 2.15 bits per heavy atom. The summed E-state index contributed by atoms with van der Waals surface area (Å²) in [7, 11) is -3.30. The molecule has 0 aliphatic rings. The van der Waals surface area contributed by atoms with Crippen LogP contribution in [0.5, 0.6) is 11.5 Å². The quantitative estimate of drug-likeness (QED) is 0.585. The molecule has 0 bridgehead atoms. The molecular weight excluding hydrogens is 364 g/mol.